The Balaban J connectivity index is 1.39. The van der Waals surface area contributed by atoms with Crippen LogP contribution in [0.15, 0.2) is 59.6 Å². The standard InChI is InChI=1S/C20H21ClN6O2S/c1-15-7-8-22-19(13-15)23-18-5-6-20(25-24-18)26-9-11-27(12-10-26)30(28,29)17-4-2-3-16(21)14-17/h2-8,13-14H,9-12H2,1H3,(H,22,23,24). The summed E-state index contributed by atoms with van der Waals surface area (Å²) in [6, 6.07) is 13.9. The number of piperazine rings is 1. The van der Waals surface area contributed by atoms with E-state index in [0.29, 0.717) is 48.7 Å². The van der Waals surface area contributed by atoms with Gasteiger partial charge in [-0.3, -0.25) is 0 Å². The fourth-order valence-electron chi connectivity index (χ4n) is 3.23. The Bertz CT molecular complexity index is 1130. The number of pyridine rings is 1. The van der Waals surface area contributed by atoms with Crippen LogP contribution in [-0.2, 0) is 10.0 Å². The van der Waals surface area contributed by atoms with Gasteiger partial charge in [0.15, 0.2) is 11.6 Å². The van der Waals surface area contributed by atoms with E-state index in [1.165, 1.54) is 10.4 Å². The van der Waals surface area contributed by atoms with Gasteiger partial charge in [0, 0.05) is 37.4 Å². The van der Waals surface area contributed by atoms with Gasteiger partial charge in [-0.1, -0.05) is 17.7 Å². The zero-order valence-electron chi connectivity index (χ0n) is 16.4. The molecule has 0 radical (unpaired) electrons. The average molecular weight is 445 g/mol. The van der Waals surface area contributed by atoms with Gasteiger partial charge in [0.2, 0.25) is 10.0 Å². The summed E-state index contributed by atoms with van der Waals surface area (Å²) >= 11 is 5.95. The number of rotatable bonds is 5. The molecule has 1 fully saturated rings. The van der Waals surface area contributed by atoms with Gasteiger partial charge in [0.25, 0.3) is 0 Å². The predicted molar refractivity (Wildman–Crippen MR) is 117 cm³/mol. The van der Waals surface area contributed by atoms with Gasteiger partial charge < -0.3 is 10.2 Å². The molecule has 1 N–H and O–H groups in total. The molecule has 10 heteroatoms. The van der Waals surface area contributed by atoms with E-state index in [9.17, 15) is 8.42 Å². The number of nitrogens with one attached hydrogen (secondary N) is 1. The number of benzene rings is 1. The molecule has 0 aliphatic carbocycles. The molecule has 0 atom stereocenters. The summed E-state index contributed by atoms with van der Waals surface area (Å²) < 4.78 is 27.1. The molecule has 8 nitrogen and oxygen atoms in total. The first-order valence-corrected chi connectivity index (χ1v) is 11.3. The van der Waals surface area contributed by atoms with Crippen LogP contribution >= 0.6 is 11.6 Å². The van der Waals surface area contributed by atoms with Gasteiger partial charge in [-0.25, -0.2) is 13.4 Å². The van der Waals surface area contributed by atoms with Crippen molar-refractivity contribution in [3.8, 4) is 0 Å². The molecule has 3 heterocycles. The molecule has 4 rings (SSSR count). The number of aryl methyl sites for hydroxylation is 1. The topological polar surface area (TPSA) is 91.3 Å². The Morgan fingerprint density at radius 3 is 2.43 bits per heavy atom. The Kier molecular flexibility index (Phi) is 5.85. The van der Waals surface area contributed by atoms with Gasteiger partial charge in [0.05, 0.1) is 4.90 Å². The molecule has 1 aliphatic rings. The van der Waals surface area contributed by atoms with Gasteiger partial charge in [-0.15, -0.1) is 10.2 Å². The molecular weight excluding hydrogens is 424 g/mol. The predicted octanol–water partition coefficient (Wildman–Crippen LogP) is 3.09. The summed E-state index contributed by atoms with van der Waals surface area (Å²) in [6.07, 6.45) is 1.73. The molecule has 1 aromatic carbocycles. The van der Waals surface area contributed by atoms with Gasteiger partial charge in [0.1, 0.15) is 5.82 Å². The van der Waals surface area contributed by atoms with Crippen molar-refractivity contribution in [1.29, 1.82) is 0 Å². The molecule has 3 aromatic rings. The van der Waals surface area contributed by atoms with Crippen LogP contribution < -0.4 is 10.2 Å². The first-order chi connectivity index (χ1) is 14.4. The zero-order chi connectivity index (χ0) is 21.1. The molecule has 1 saturated heterocycles. The smallest absolute Gasteiger partial charge is 0.243 e. The van der Waals surface area contributed by atoms with E-state index < -0.39 is 10.0 Å². The van der Waals surface area contributed by atoms with Crippen molar-refractivity contribution in [3.63, 3.8) is 0 Å². The number of hydrogen-bond donors (Lipinski definition) is 1. The molecule has 156 valence electrons. The van der Waals surface area contributed by atoms with E-state index in [0.717, 1.165) is 5.56 Å². The Hall–Kier alpha value is -2.75. The highest BCUT2D eigenvalue weighted by atomic mass is 35.5. The largest absolute Gasteiger partial charge is 0.352 e. The van der Waals surface area contributed by atoms with E-state index in [1.54, 1.807) is 24.4 Å². The maximum atomic E-state index is 12.8. The maximum absolute atomic E-state index is 12.8. The molecule has 0 saturated carbocycles. The number of anilines is 3. The molecule has 30 heavy (non-hydrogen) atoms. The second-order valence-corrected chi connectivity index (χ2v) is 9.34. The Labute approximate surface area is 180 Å². The second kappa shape index (κ2) is 8.55. The molecule has 0 amide bonds. The SMILES string of the molecule is Cc1ccnc(Nc2ccc(N3CCN(S(=O)(=O)c4cccc(Cl)c4)CC3)nn2)c1. The monoisotopic (exact) mass is 444 g/mol. The van der Waals surface area contributed by atoms with Crippen LogP contribution in [0.5, 0.6) is 0 Å². The fourth-order valence-corrected chi connectivity index (χ4v) is 4.95. The Morgan fingerprint density at radius 1 is 0.967 bits per heavy atom. The van der Waals surface area contributed by atoms with Crippen LogP contribution in [0.3, 0.4) is 0 Å². The molecular formula is C20H21ClN6O2S. The minimum atomic E-state index is -3.57. The fraction of sp³-hybridized carbons (Fsp3) is 0.250. The number of nitrogens with zero attached hydrogens (tertiary/aromatic N) is 5. The lowest BCUT2D eigenvalue weighted by atomic mass is 10.3. The first-order valence-electron chi connectivity index (χ1n) is 9.46. The van der Waals surface area contributed by atoms with Crippen molar-refractivity contribution >= 4 is 39.1 Å². The van der Waals surface area contributed by atoms with Crippen molar-refractivity contribution in [2.75, 3.05) is 36.4 Å². The van der Waals surface area contributed by atoms with E-state index in [4.69, 9.17) is 11.6 Å². The van der Waals surface area contributed by atoms with Gasteiger partial charge in [-0.05, 0) is 55.0 Å². The number of sulfonamides is 1. The van der Waals surface area contributed by atoms with Crippen LogP contribution in [0.25, 0.3) is 0 Å². The van der Waals surface area contributed by atoms with Gasteiger partial charge >= 0.3 is 0 Å². The lowest BCUT2D eigenvalue weighted by Gasteiger charge is -2.34. The molecule has 0 spiro atoms. The highest BCUT2D eigenvalue weighted by molar-refractivity contribution is 7.89. The van der Waals surface area contributed by atoms with Crippen LogP contribution in [0.1, 0.15) is 5.56 Å². The number of halogens is 1. The molecule has 2 aromatic heterocycles. The van der Waals surface area contributed by atoms with Crippen LogP contribution in [-0.4, -0.2) is 54.1 Å². The summed E-state index contributed by atoms with van der Waals surface area (Å²) in [5.74, 6) is 2.01. The van der Waals surface area contributed by atoms with Crippen molar-refractivity contribution in [2.24, 2.45) is 0 Å². The van der Waals surface area contributed by atoms with Crippen molar-refractivity contribution in [2.45, 2.75) is 11.8 Å². The number of aromatic nitrogens is 3. The van der Waals surface area contributed by atoms with Crippen molar-refractivity contribution in [1.82, 2.24) is 19.5 Å². The normalized spacial score (nSPS) is 15.2. The van der Waals surface area contributed by atoms with E-state index in [2.05, 4.69) is 20.5 Å². The summed E-state index contributed by atoms with van der Waals surface area (Å²) in [6.45, 7) is 3.78. The van der Waals surface area contributed by atoms with Crippen molar-refractivity contribution in [3.05, 3.63) is 65.3 Å². The quantitative estimate of drug-likeness (QED) is 0.646. The molecule has 1 aliphatic heterocycles. The lowest BCUT2D eigenvalue weighted by molar-refractivity contribution is 0.383. The highest BCUT2D eigenvalue weighted by Crippen LogP contribution is 2.22. The van der Waals surface area contributed by atoms with Crippen molar-refractivity contribution < 1.29 is 8.42 Å². The van der Waals surface area contributed by atoms with Crippen LogP contribution in [0.2, 0.25) is 5.02 Å². The molecule has 0 unspecified atom stereocenters. The minimum Gasteiger partial charge on any atom is -0.352 e. The van der Waals surface area contributed by atoms with Gasteiger partial charge in [-0.2, -0.15) is 4.31 Å². The molecule has 0 bridgehead atoms. The maximum Gasteiger partial charge on any atom is 0.243 e. The second-order valence-electron chi connectivity index (χ2n) is 6.97. The number of hydrogen-bond acceptors (Lipinski definition) is 7. The highest BCUT2D eigenvalue weighted by Gasteiger charge is 2.29. The Morgan fingerprint density at radius 2 is 1.77 bits per heavy atom. The first kappa shape index (κ1) is 20.5. The van der Waals surface area contributed by atoms with E-state index in [-0.39, 0.29) is 4.90 Å². The van der Waals surface area contributed by atoms with E-state index in [1.807, 2.05) is 36.1 Å². The zero-order valence-corrected chi connectivity index (χ0v) is 17.9. The van der Waals surface area contributed by atoms with Crippen LogP contribution in [0, 0.1) is 6.92 Å². The van der Waals surface area contributed by atoms with E-state index >= 15 is 0 Å². The minimum absolute atomic E-state index is 0.212. The lowest BCUT2D eigenvalue weighted by Crippen LogP contribution is -2.49. The summed E-state index contributed by atoms with van der Waals surface area (Å²) in [7, 11) is -3.57. The third-order valence-corrected chi connectivity index (χ3v) is 6.95. The third-order valence-electron chi connectivity index (χ3n) is 4.82. The summed E-state index contributed by atoms with van der Waals surface area (Å²) in [5.41, 5.74) is 1.10. The van der Waals surface area contributed by atoms with Crippen LogP contribution in [0.4, 0.5) is 17.5 Å². The summed E-state index contributed by atoms with van der Waals surface area (Å²) in [4.78, 5) is 6.48. The third kappa shape index (κ3) is 4.53. The summed E-state index contributed by atoms with van der Waals surface area (Å²) in [5, 5.41) is 12.0. The average Bonchev–Trinajstić information content (AvgIpc) is 2.74.